The number of carboxylic acid groups (broad SMARTS) is 1. The van der Waals surface area contributed by atoms with Crippen molar-refractivity contribution >= 4 is 34.4 Å². The Hall–Kier alpha value is -3.26. The van der Waals surface area contributed by atoms with Crippen molar-refractivity contribution in [1.82, 2.24) is 0 Å². The lowest BCUT2D eigenvalue weighted by atomic mass is 10.2. The Morgan fingerprint density at radius 3 is 2.41 bits per heavy atom. The number of nitrogens with zero attached hydrogens (tertiary/aromatic N) is 4. The smallest absolute Gasteiger partial charge is 0.342 e. The fourth-order valence-electron chi connectivity index (χ4n) is 2.46. The van der Waals surface area contributed by atoms with Gasteiger partial charge in [0.05, 0.1) is 26.1 Å². The summed E-state index contributed by atoms with van der Waals surface area (Å²) in [4.78, 5) is 8.21. The Balaban J connectivity index is 0.00000133. The summed E-state index contributed by atoms with van der Waals surface area (Å²) in [6.07, 6.45) is 0. The number of carbonyl (C=O) groups is 1. The van der Waals surface area contributed by atoms with Crippen LogP contribution in [0.1, 0.15) is 12.5 Å². The Bertz CT molecular complexity index is 1140. The minimum absolute atomic E-state index is 0.0654. The molecule has 0 amide bonds. The highest BCUT2D eigenvalue weighted by atomic mass is 35.5. The van der Waals surface area contributed by atoms with Gasteiger partial charge in [-0.1, -0.05) is 11.6 Å². The maximum atomic E-state index is 12.7. The molecule has 0 bridgehead atoms. The molecule has 1 atom stereocenters. The second kappa shape index (κ2) is 12.8. The number of aryl methyl sites for hydroxylation is 1. The summed E-state index contributed by atoms with van der Waals surface area (Å²) in [5.41, 5.74) is 0.722. The Kier molecular flexibility index (Phi) is 10.9. The van der Waals surface area contributed by atoms with E-state index < -0.39 is 20.9 Å². The second-order valence-corrected chi connectivity index (χ2v) is 8.57. The molecule has 0 aliphatic heterocycles. The highest BCUT2D eigenvalue weighted by Crippen LogP contribution is 2.31. The zero-order chi connectivity index (χ0) is 25.9. The molecule has 0 saturated heterocycles. The van der Waals surface area contributed by atoms with E-state index in [-0.39, 0.29) is 34.6 Å². The topological polar surface area (TPSA) is 162 Å². The van der Waals surface area contributed by atoms with Crippen molar-refractivity contribution < 1.29 is 36.8 Å². The molecular formula is C20H27ClN5O7S+. The normalized spacial score (nSPS) is 12.8. The molecule has 3 N–H and O–H groups in total. The number of nitrogens with two attached hydrogens (primary N) is 1. The van der Waals surface area contributed by atoms with E-state index in [1.165, 1.54) is 38.4 Å². The molecule has 0 spiro atoms. The summed E-state index contributed by atoms with van der Waals surface area (Å²) >= 11 is 5.93. The van der Waals surface area contributed by atoms with Gasteiger partial charge in [-0.3, -0.25) is 4.79 Å². The Morgan fingerprint density at radius 2 is 1.85 bits per heavy atom. The van der Waals surface area contributed by atoms with Gasteiger partial charge in [0.25, 0.3) is 5.97 Å². The molecular weight excluding hydrogens is 490 g/mol. The van der Waals surface area contributed by atoms with Gasteiger partial charge in [0, 0.05) is 22.8 Å². The minimum Gasteiger partial charge on any atom is -0.495 e. The van der Waals surface area contributed by atoms with Gasteiger partial charge in [0.15, 0.2) is 6.54 Å². The number of ether oxygens (including phenoxy) is 2. The van der Waals surface area contributed by atoms with Gasteiger partial charge in [0.1, 0.15) is 28.8 Å². The summed E-state index contributed by atoms with van der Waals surface area (Å²) in [7, 11) is -1.39. The molecule has 0 aliphatic rings. The molecule has 2 aromatic carbocycles. The lowest BCUT2D eigenvalue weighted by Crippen LogP contribution is -2.46. The maximum absolute atomic E-state index is 12.7. The number of quaternary nitrogens is 1. The molecule has 0 radical (unpaired) electrons. The number of methoxy groups -OCH3 is 1. The molecule has 2 aromatic rings. The van der Waals surface area contributed by atoms with E-state index >= 15 is 0 Å². The molecule has 186 valence electrons. The third-order valence-electron chi connectivity index (χ3n) is 3.80. The van der Waals surface area contributed by atoms with Crippen molar-refractivity contribution in [2.45, 2.75) is 18.7 Å². The van der Waals surface area contributed by atoms with Gasteiger partial charge in [-0.25, -0.2) is 0 Å². The van der Waals surface area contributed by atoms with E-state index in [4.69, 9.17) is 41.0 Å². The van der Waals surface area contributed by atoms with Gasteiger partial charge < -0.3 is 18.8 Å². The zero-order valence-electron chi connectivity index (χ0n) is 19.1. The van der Waals surface area contributed by atoms with E-state index in [9.17, 15) is 8.42 Å². The maximum Gasteiger partial charge on any atom is 0.342 e. The molecule has 12 nitrogen and oxygen atoms in total. The quantitative estimate of drug-likeness (QED) is 0.121. The van der Waals surface area contributed by atoms with Crippen LogP contribution < -0.4 is 19.5 Å². The third-order valence-corrected chi connectivity index (χ3v) is 5.31. The van der Waals surface area contributed by atoms with Crippen LogP contribution in [0.4, 0.5) is 0 Å². The van der Waals surface area contributed by atoms with Crippen LogP contribution in [0.3, 0.4) is 0 Å². The van der Waals surface area contributed by atoms with Crippen LogP contribution in [0.15, 0.2) is 56.7 Å². The average molecular weight is 517 g/mol. The number of carboxylic acids is 1. The largest absolute Gasteiger partial charge is 0.495 e. The molecule has 0 heterocycles. The monoisotopic (exact) mass is 516 g/mol. The third kappa shape index (κ3) is 9.31. The van der Waals surface area contributed by atoms with Gasteiger partial charge in [-0.05, 0) is 47.9 Å². The number of halogens is 1. The number of hydrogen-bond donors (Lipinski definition) is 2. The molecule has 0 fully saturated rings. The van der Waals surface area contributed by atoms with Gasteiger partial charge in [0.2, 0.25) is 0 Å². The van der Waals surface area contributed by atoms with Crippen molar-refractivity contribution in [1.29, 1.82) is 0 Å². The SMILES string of the molecule is C=N[N+](N)(CCOc1cc(C)cc(OS(=O)(=O)c2cc(Cl)ccc2OC)c1)N=NC.CC(=O)O. The lowest BCUT2D eigenvalue weighted by molar-refractivity contribution is -0.957. The van der Waals surface area contributed by atoms with Gasteiger partial charge in [-0.2, -0.15) is 8.42 Å². The van der Waals surface area contributed by atoms with E-state index in [0.29, 0.717) is 5.75 Å². The van der Waals surface area contributed by atoms with Crippen LogP contribution in [-0.4, -0.2) is 58.3 Å². The van der Waals surface area contributed by atoms with Gasteiger partial charge >= 0.3 is 10.1 Å². The number of aliphatic carboxylic acids is 1. The van der Waals surface area contributed by atoms with Crippen LogP contribution in [0.5, 0.6) is 17.2 Å². The van der Waals surface area contributed by atoms with Crippen molar-refractivity contribution in [3.63, 3.8) is 0 Å². The summed E-state index contributed by atoms with van der Waals surface area (Å²) in [5.74, 6) is 5.58. The standard InChI is InChI=1S/C18H23ClN5O5S.C2H4O2/c1-13-9-15(28-8-7-24(20,22-3)23-21-2)12-16(10-13)29-30(25,26)18-11-14(19)5-6-17(18)27-4;1-2(3)4/h5-6,9-12H,3,7-8,20H2,1-2,4H3;1H3,(H,3,4)/q+1;. The molecule has 0 aromatic heterocycles. The summed E-state index contributed by atoms with van der Waals surface area (Å²) in [6, 6.07) is 8.93. The molecule has 2 rings (SSSR count). The van der Waals surface area contributed by atoms with Gasteiger partial charge in [-0.15, -0.1) is 11.0 Å². The fourth-order valence-corrected chi connectivity index (χ4v) is 3.80. The predicted octanol–water partition coefficient (Wildman–Crippen LogP) is 3.20. The second-order valence-electron chi connectivity index (χ2n) is 6.62. The van der Waals surface area contributed by atoms with E-state index in [2.05, 4.69) is 22.2 Å². The lowest BCUT2D eigenvalue weighted by Gasteiger charge is -2.17. The summed E-state index contributed by atoms with van der Waals surface area (Å²) < 4.78 is 41.5. The first-order valence-corrected chi connectivity index (χ1v) is 11.3. The Morgan fingerprint density at radius 1 is 1.24 bits per heavy atom. The first-order valence-electron chi connectivity index (χ1n) is 9.54. The summed E-state index contributed by atoms with van der Waals surface area (Å²) in [6.45, 7) is 6.50. The molecule has 34 heavy (non-hydrogen) atoms. The number of rotatable bonds is 10. The Labute approximate surface area is 202 Å². The van der Waals surface area contributed by atoms with Crippen LogP contribution in [-0.2, 0) is 14.9 Å². The average Bonchev–Trinajstić information content (AvgIpc) is 2.73. The van der Waals surface area contributed by atoms with Crippen molar-refractivity contribution in [2.24, 2.45) is 21.3 Å². The number of benzene rings is 2. The molecule has 1 unspecified atom stereocenters. The number of hydrogen-bond acceptors (Lipinski definition) is 10. The highest BCUT2D eigenvalue weighted by Gasteiger charge is 2.24. The molecule has 0 saturated carbocycles. The van der Waals surface area contributed by atoms with Crippen molar-refractivity contribution in [3.8, 4) is 17.2 Å². The molecule has 14 heteroatoms. The van der Waals surface area contributed by atoms with Crippen LogP contribution in [0.25, 0.3) is 0 Å². The fraction of sp³-hybridized carbons (Fsp3) is 0.300. The molecule has 0 aliphatic carbocycles. The van der Waals surface area contributed by atoms with E-state index in [1.807, 2.05) is 0 Å². The van der Waals surface area contributed by atoms with Crippen LogP contribution in [0.2, 0.25) is 5.02 Å². The highest BCUT2D eigenvalue weighted by molar-refractivity contribution is 7.87. The van der Waals surface area contributed by atoms with Crippen LogP contribution >= 0.6 is 11.6 Å². The zero-order valence-corrected chi connectivity index (χ0v) is 20.7. The van der Waals surface area contributed by atoms with Crippen molar-refractivity contribution in [2.75, 3.05) is 27.3 Å². The first kappa shape index (κ1) is 28.8. The van der Waals surface area contributed by atoms with E-state index in [1.54, 1.807) is 19.1 Å². The summed E-state index contributed by atoms with van der Waals surface area (Å²) in [5, 5.41) is 18.7. The minimum atomic E-state index is -4.21. The van der Waals surface area contributed by atoms with Crippen LogP contribution in [0, 0.1) is 6.92 Å². The predicted molar refractivity (Wildman–Crippen MR) is 125 cm³/mol. The van der Waals surface area contributed by atoms with Crippen molar-refractivity contribution in [3.05, 3.63) is 47.0 Å². The first-order chi connectivity index (χ1) is 15.9. The van der Waals surface area contributed by atoms with E-state index in [0.717, 1.165) is 12.5 Å².